The molecular formula is C22H24N4O4S. The Labute approximate surface area is 181 Å². The third-order valence-electron chi connectivity index (χ3n) is 5.27. The Morgan fingerprint density at radius 3 is 2.68 bits per heavy atom. The van der Waals surface area contributed by atoms with E-state index < -0.39 is 9.84 Å². The smallest absolute Gasteiger partial charge is 0.222 e. The first-order chi connectivity index (χ1) is 15.0. The van der Waals surface area contributed by atoms with Crippen molar-refractivity contribution in [3.8, 4) is 11.1 Å². The zero-order chi connectivity index (χ0) is 21.7. The fraction of sp³-hybridized carbons (Fsp3) is 0.318. The molecule has 1 aliphatic rings. The highest BCUT2D eigenvalue weighted by Crippen LogP contribution is 2.24. The predicted molar refractivity (Wildman–Crippen MR) is 115 cm³/mol. The predicted octanol–water partition coefficient (Wildman–Crippen LogP) is 2.63. The standard InChI is InChI=1S/C22H24N4O4S/c27-22(7-4-12-31(28,29)19-5-2-1-3-6-19)26-10-11-30-21(16-26)20-9-8-17(13-23-20)18-14-24-25-15-18/h1-3,5-6,8-9,13-15,21H,4,7,10-12,16H2,(H,24,25). The number of ether oxygens (including phenoxy) is 1. The highest BCUT2D eigenvalue weighted by atomic mass is 32.2. The molecular weight excluding hydrogens is 416 g/mol. The van der Waals surface area contributed by atoms with Gasteiger partial charge in [-0.1, -0.05) is 24.3 Å². The van der Waals surface area contributed by atoms with Gasteiger partial charge in [0.25, 0.3) is 0 Å². The van der Waals surface area contributed by atoms with E-state index in [1.807, 2.05) is 12.1 Å². The van der Waals surface area contributed by atoms with Crippen LogP contribution in [0.25, 0.3) is 11.1 Å². The van der Waals surface area contributed by atoms with E-state index in [1.165, 1.54) is 0 Å². The van der Waals surface area contributed by atoms with Crippen LogP contribution in [-0.4, -0.2) is 59.9 Å². The summed E-state index contributed by atoms with van der Waals surface area (Å²) in [6.07, 6.45) is 5.46. The third kappa shape index (κ3) is 5.18. The number of aromatic amines is 1. The van der Waals surface area contributed by atoms with E-state index in [2.05, 4.69) is 15.2 Å². The molecule has 8 nitrogen and oxygen atoms in total. The maximum atomic E-state index is 12.7. The average Bonchev–Trinajstić information content (AvgIpc) is 3.35. The Morgan fingerprint density at radius 2 is 1.97 bits per heavy atom. The molecule has 0 radical (unpaired) electrons. The Balaban J connectivity index is 1.31. The molecule has 0 aliphatic carbocycles. The number of carbonyl (C=O) groups excluding carboxylic acids is 1. The SMILES string of the molecule is O=C(CCCS(=O)(=O)c1ccccc1)N1CCOC(c2ccc(-c3cn[nH]c3)cn2)C1. The molecule has 3 aromatic rings. The Morgan fingerprint density at radius 1 is 1.13 bits per heavy atom. The number of benzene rings is 1. The number of carbonyl (C=O) groups is 1. The molecule has 1 fully saturated rings. The fourth-order valence-electron chi connectivity index (χ4n) is 3.55. The lowest BCUT2D eigenvalue weighted by molar-refractivity contribution is -0.139. The van der Waals surface area contributed by atoms with Crippen molar-refractivity contribution >= 4 is 15.7 Å². The second-order valence-corrected chi connectivity index (χ2v) is 9.50. The van der Waals surface area contributed by atoms with Crippen LogP contribution in [0.15, 0.2) is 66.0 Å². The second-order valence-electron chi connectivity index (χ2n) is 7.39. The average molecular weight is 441 g/mol. The number of rotatable bonds is 7. The normalized spacial score (nSPS) is 16.9. The van der Waals surface area contributed by atoms with E-state index in [0.29, 0.717) is 24.6 Å². The quantitative estimate of drug-likeness (QED) is 0.606. The topological polar surface area (TPSA) is 105 Å². The highest BCUT2D eigenvalue weighted by Gasteiger charge is 2.26. The van der Waals surface area contributed by atoms with E-state index in [9.17, 15) is 13.2 Å². The lowest BCUT2D eigenvalue weighted by atomic mass is 10.1. The molecule has 9 heteroatoms. The number of nitrogens with one attached hydrogen (secondary N) is 1. The van der Waals surface area contributed by atoms with Gasteiger partial charge in [-0.25, -0.2) is 8.42 Å². The molecule has 2 aromatic heterocycles. The number of morpholine rings is 1. The van der Waals surface area contributed by atoms with Crippen LogP contribution in [0, 0.1) is 0 Å². The summed E-state index contributed by atoms with van der Waals surface area (Å²) in [6.45, 7) is 1.32. The molecule has 1 N–H and O–H groups in total. The summed E-state index contributed by atoms with van der Waals surface area (Å²) in [5, 5.41) is 6.71. The van der Waals surface area contributed by atoms with Gasteiger partial charge < -0.3 is 9.64 Å². The molecule has 1 amide bonds. The van der Waals surface area contributed by atoms with Crippen molar-refractivity contribution in [2.24, 2.45) is 0 Å². The molecule has 162 valence electrons. The minimum Gasteiger partial charge on any atom is -0.368 e. The van der Waals surface area contributed by atoms with Crippen molar-refractivity contribution < 1.29 is 17.9 Å². The number of amides is 1. The number of H-pyrrole nitrogens is 1. The first kappa shape index (κ1) is 21.2. The summed E-state index contributed by atoms with van der Waals surface area (Å²) in [4.78, 5) is 19.2. The van der Waals surface area contributed by atoms with Gasteiger partial charge in [0.2, 0.25) is 5.91 Å². The monoisotopic (exact) mass is 440 g/mol. The van der Waals surface area contributed by atoms with Gasteiger partial charge in [0.05, 0.1) is 35.7 Å². The number of sulfone groups is 1. The van der Waals surface area contributed by atoms with Crippen LogP contribution in [-0.2, 0) is 19.4 Å². The van der Waals surface area contributed by atoms with E-state index in [1.54, 1.807) is 53.8 Å². The summed E-state index contributed by atoms with van der Waals surface area (Å²) in [5.74, 6) is -0.111. The highest BCUT2D eigenvalue weighted by molar-refractivity contribution is 7.91. The largest absolute Gasteiger partial charge is 0.368 e. The van der Waals surface area contributed by atoms with Crippen LogP contribution in [0.4, 0.5) is 0 Å². The molecule has 31 heavy (non-hydrogen) atoms. The van der Waals surface area contributed by atoms with Crippen molar-refractivity contribution in [2.45, 2.75) is 23.8 Å². The van der Waals surface area contributed by atoms with Gasteiger partial charge >= 0.3 is 0 Å². The van der Waals surface area contributed by atoms with E-state index in [-0.39, 0.29) is 30.6 Å². The number of hydrogen-bond donors (Lipinski definition) is 1. The lowest BCUT2D eigenvalue weighted by Gasteiger charge is -2.32. The number of hydrogen-bond acceptors (Lipinski definition) is 6. The first-order valence-corrected chi connectivity index (χ1v) is 11.8. The van der Waals surface area contributed by atoms with Gasteiger partial charge in [-0.15, -0.1) is 0 Å². The molecule has 1 saturated heterocycles. The zero-order valence-corrected chi connectivity index (χ0v) is 17.8. The minimum absolute atomic E-state index is 0.0481. The molecule has 1 atom stereocenters. The van der Waals surface area contributed by atoms with Crippen LogP contribution >= 0.6 is 0 Å². The molecule has 0 spiro atoms. The molecule has 0 saturated carbocycles. The van der Waals surface area contributed by atoms with Crippen molar-refractivity contribution in [1.82, 2.24) is 20.1 Å². The van der Waals surface area contributed by atoms with Gasteiger partial charge in [0.15, 0.2) is 9.84 Å². The van der Waals surface area contributed by atoms with Gasteiger partial charge in [0, 0.05) is 36.5 Å². The van der Waals surface area contributed by atoms with E-state index in [0.717, 1.165) is 16.8 Å². The maximum absolute atomic E-state index is 12.7. The number of pyridine rings is 1. The van der Waals surface area contributed by atoms with Crippen molar-refractivity contribution in [3.63, 3.8) is 0 Å². The first-order valence-electron chi connectivity index (χ1n) is 10.2. The van der Waals surface area contributed by atoms with Gasteiger partial charge in [0.1, 0.15) is 6.10 Å². The van der Waals surface area contributed by atoms with Crippen molar-refractivity contribution in [2.75, 3.05) is 25.4 Å². The van der Waals surface area contributed by atoms with Gasteiger partial charge in [-0.05, 0) is 24.6 Å². The third-order valence-corrected chi connectivity index (χ3v) is 7.09. The Hall–Kier alpha value is -3.04. The number of aromatic nitrogens is 3. The Bertz CT molecular complexity index is 1100. The summed E-state index contributed by atoms with van der Waals surface area (Å²) in [6, 6.07) is 12.2. The summed E-state index contributed by atoms with van der Waals surface area (Å²) < 4.78 is 30.6. The van der Waals surface area contributed by atoms with Crippen molar-refractivity contribution in [1.29, 1.82) is 0 Å². The molecule has 1 unspecified atom stereocenters. The minimum atomic E-state index is -3.38. The van der Waals surface area contributed by atoms with Gasteiger partial charge in [-0.3, -0.25) is 14.9 Å². The van der Waals surface area contributed by atoms with E-state index >= 15 is 0 Å². The van der Waals surface area contributed by atoms with Crippen LogP contribution in [0.2, 0.25) is 0 Å². The second kappa shape index (κ2) is 9.40. The summed E-state index contributed by atoms with van der Waals surface area (Å²) >= 11 is 0. The van der Waals surface area contributed by atoms with Crippen LogP contribution in [0.5, 0.6) is 0 Å². The fourth-order valence-corrected chi connectivity index (χ4v) is 4.88. The molecule has 1 aromatic carbocycles. The summed E-state index contributed by atoms with van der Waals surface area (Å²) in [5.41, 5.74) is 2.66. The lowest BCUT2D eigenvalue weighted by Crippen LogP contribution is -2.42. The zero-order valence-electron chi connectivity index (χ0n) is 17.0. The molecule has 4 rings (SSSR count). The van der Waals surface area contributed by atoms with Crippen LogP contribution in [0.1, 0.15) is 24.6 Å². The summed E-state index contributed by atoms with van der Waals surface area (Å²) in [7, 11) is -3.38. The molecule has 1 aliphatic heterocycles. The van der Waals surface area contributed by atoms with Gasteiger partial charge in [-0.2, -0.15) is 5.10 Å². The molecule has 3 heterocycles. The van der Waals surface area contributed by atoms with E-state index in [4.69, 9.17) is 4.74 Å². The Kier molecular flexibility index (Phi) is 6.43. The molecule has 0 bridgehead atoms. The van der Waals surface area contributed by atoms with Crippen molar-refractivity contribution in [3.05, 3.63) is 66.7 Å². The maximum Gasteiger partial charge on any atom is 0.222 e. The number of nitrogens with zero attached hydrogens (tertiary/aromatic N) is 3. The van der Waals surface area contributed by atoms with Crippen LogP contribution < -0.4 is 0 Å². The van der Waals surface area contributed by atoms with Crippen LogP contribution in [0.3, 0.4) is 0 Å².